The van der Waals surface area contributed by atoms with Crippen LogP contribution in [0.25, 0.3) is 0 Å². The van der Waals surface area contributed by atoms with Gasteiger partial charge in [0, 0.05) is 28.9 Å². The lowest BCUT2D eigenvalue weighted by molar-refractivity contribution is 0.0728. The third kappa shape index (κ3) is 3.16. The van der Waals surface area contributed by atoms with Crippen molar-refractivity contribution in [1.29, 1.82) is 0 Å². The van der Waals surface area contributed by atoms with Crippen molar-refractivity contribution >= 4 is 17.4 Å². The Labute approximate surface area is 174 Å². The van der Waals surface area contributed by atoms with E-state index in [0.29, 0.717) is 29.2 Å². The predicted octanol–water partition coefficient (Wildman–Crippen LogP) is 4.38. The number of amides is 1. The fourth-order valence-electron chi connectivity index (χ4n) is 3.91. The standard InChI is InChI=1S/C24H20N2O4/c1-15(27)17-5-4-6-18(12-17)25-23-19-7-2-3-8-20(19)24(28)26(23)13-16-9-10-21-22(11-16)30-14-29-21/h2-12,23,25H,13-14H2,1H3/t23-/m0/s1. The third-order valence-corrected chi connectivity index (χ3v) is 5.42. The lowest BCUT2D eigenvalue weighted by Crippen LogP contribution is -2.31. The molecule has 1 N–H and O–H groups in total. The smallest absolute Gasteiger partial charge is 0.256 e. The van der Waals surface area contributed by atoms with E-state index in [4.69, 9.17) is 9.47 Å². The third-order valence-electron chi connectivity index (χ3n) is 5.42. The number of Topliss-reactive ketones (excluding diaryl/α,β-unsaturated/α-hetero) is 1. The van der Waals surface area contributed by atoms with Crippen LogP contribution in [0.2, 0.25) is 0 Å². The Balaban J connectivity index is 1.48. The van der Waals surface area contributed by atoms with E-state index in [1.807, 2.05) is 60.7 Å². The average molecular weight is 400 g/mol. The maximum atomic E-state index is 13.2. The Hall–Kier alpha value is -3.80. The first-order valence-electron chi connectivity index (χ1n) is 9.76. The molecule has 3 aromatic rings. The highest BCUT2D eigenvalue weighted by atomic mass is 16.7. The van der Waals surface area contributed by atoms with E-state index >= 15 is 0 Å². The summed E-state index contributed by atoms with van der Waals surface area (Å²) in [4.78, 5) is 26.8. The molecule has 2 heterocycles. The Morgan fingerprint density at radius 3 is 2.73 bits per heavy atom. The molecular formula is C24H20N2O4. The van der Waals surface area contributed by atoms with Gasteiger partial charge in [-0.05, 0) is 42.8 Å². The van der Waals surface area contributed by atoms with Gasteiger partial charge in [0.1, 0.15) is 6.17 Å². The molecule has 150 valence electrons. The van der Waals surface area contributed by atoms with Gasteiger partial charge in [-0.25, -0.2) is 0 Å². The van der Waals surface area contributed by atoms with Gasteiger partial charge >= 0.3 is 0 Å². The number of ether oxygens (including phenoxy) is 2. The van der Waals surface area contributed by atoms with E-state index in [1.54, 1.807) is 17.9 Å². The van der Waals surface area contributed by atoms with Crippen LogP contribution in [0.15, 0.2) is 66.7 Å². The van der Waals surface area contributed by atoms with E-state index in [2.05, 4.69) is 5.32 Å². The molecule has 30 heavy (non-hydrogen) atoms. The normalized spacial score (nSPS) is 16.5. The summed E-state index contributed by atoms with van der Waals surface area (Å²) in [6.45, 7) is 2.16. The molecule has 1 atom stereocenters. The summed E-state index contributed by atoms with van der Waals surface area (Å²) in [6.07, 6.45) is -0.346. The summed E-state index contributed by atoms with van der Waals surface area (Å²) in [7, 11) is 0. The van der Waals surface area contributed by atoms with Crippen molar-refractivity contribution in [2.24, 2.45) is 0 Å². The van der Waals surface area contributed by atoms with Crippen molar-refractivity contribution in [2.75, 3.05) is 12.1 Å². The van der Waals surface area contributed by atoms with Crippen molar-refractivity contribution in [3.63, 3.8) is 0 Å². The van der Waals surface area contributed by atoms with E-state index in [-0.39, 0.29) is 24.6 Å². The molecule has 2 aliphatic rings. The Bertz CT molecular complexity index is 1160. The van der Waals surface area contributed by atoms with Crippen molar-refractivity contribution in [3.8, 4) is 11.5 Å². The van der Waals surface area contributed by atoms with Crippen LogP contribution in [-0.2, 0) is 6.54 Å². The van der Waals surface area contributed by atoms with Gasteiger partial charge in [-0.1, -0.05) is 36.4 Å². The Morgan fingerprint density at radius 2 is 1.87 bits per heavy atom. The van der Waals surface area contributed by atoms with Crippen LogP contribution >= 0.6 is 0 Å². The molecule has 0 saturated heterocycles. The van der Waals surface area contributed by atoms with E-state index in [0.717, 1.165) is 16.8 Å². The average Bonchev–Trinajstić information content (AvgIpc) is 3.32. The van der Waals surface area contributed by atoms with Gasteiger partial charge < -0.3 is 19.7 Å². The number of benzene rings is 3. The number of fused-ring (bicyclic) bond motifs is 2. The molecule has 0 unspecified atom stereocenters. The zero-order valence-electron chi connectivity index (χ0n) is 16.4. The van der Waals surface area contributed by atoms with Gasteiger partial charge in [0.05, 0.1) is 0 Å². The van der Waals surface area contributed by atoms with Gasteiger partial charge in [0.2, 0.25) is 6.79 Å². The highest BCUT2D eigenvalue weighted by molar-refractivity contribution is 5.99. The van der Waals surface area contributed by atoms with Gasteiger partial charge in [-0.15, -0.1) is 0 Å². The first-order chi connectivity index (χ1) is 14.6. The number of nitrogens with zero attached hydrogens (tertiary/aromatic N) is 1. The molecule has 6 heteroatoms. The van der Waals surface area contributed by atoms with Crippen LogP contribution in [-0.4, -0.2) is 23.4 Å². The quantitative estimate of drug-likeness (QED) is 0.644. The summed E-state index contributed by atoms with van der Waals surface area (Å²) < 4.78 is 10.9. The van der Waals surface area contributed by atoms with E-state index in [1.165, 1.54) is 0 Å². The molecule has 0 fully saturated rings. The first-order valence-corrected chi connectivity index (χ1v) is 9.76. The minimum absolute atomic E-state index is 0.00114. The highest BCUT2D eigenvalue weighted by Crippen LogP contribution is 2.37. The summed E-state index contributed by atoms with van der Waals surface area (Å²) in [6, 6.07) is 20.6. The second-order valence-electron chi connectivity index (χ2n) is 7.39. The topological polar surface area (TPSA) is 67.9 Å². The molecule has 1 amide bonds. The van der Waals surface area contributed by atoms with Crippen molar-refractivity contribution in [1.82, 2.24) is 4.90 Å². The van der Waals surface area contributed by atoms with Crippen LogP contribution in [0.1, 0.15) is 44.9 Å². The molecule has 3 aromatic carbocycles. The van der Waals surface area contributed by atoms with Crippen LogP contribution < -0.4 is 14.8 Å². The fraction of sp³-hybridized carbons (Fsp3) is 0.167. The summed E-state index contributed by atoms with van der Waals surface area (Å²) in [5.41, 5.74) is 3.95. The second kappa shape index (κ2) is 7.22. The molecule has 6 nitrogen and oxygen atoms in total. The van der Waals surface area contributed by atoms with Crippen LogP contribution in [0.5, 0.6) is 11.5 Å². The largest absolute Gasteiger partial charge is 0.454 e. The molecule has 0 spiro atoms. The molecule has 2 aliphatic heterocycles. The first kappa shape index (κ1) is 18.2. The molecule has 0 bridgehead atoms. The maximum absolute atomic E-state index is 13.2. The lowest BCUT2D eigenvalue weighted by Gasteiger charge is -2.27. The summed E-state index contributed by atoms with van der Waals surface area (Å²) >= 11 is 0. The number of hydrogen-bond donors (Lipinski definition) is 1. The molecule has 0 radical (unpaired) electrons. The minimum Gasteiger partial charge on any atom is -0.454 e. The summed E-state index contributed by atoms with van der Waals surface area (Å²) in [5.74, 6) is 1.36. The highest BCUT2D eigenvalue weighted by Gasteiger charge is 2.36. The number of hydrogen-bond acceptors (Lipinski definition) is 5. The zero-order chi connectivity index (χ0) is 20.7. The van der Waals surface area contributed by atoms with E-state index < -0.39 is 0 Å². The van der Waals surface area contributed by atoms with E-state index in [9.17, 15) is 9.59 Å². The Morgan fingerprint density at radius 1 is 1.03 bits per heavy atom. The number of anilines is 1. The molecule has 0 aliphatic carbocycles. The Kier molecular flexibility index (Phi) is 4.39. The van der Waals surface area contributed by atoms with Crippen LogP contribution in [0.3, 0.4) is 0 Å². The van der Waals surface area contributed by atoms with Crippen molar-refractivity contribution in [3.05, 3.63) is 89.0 Å². The van der Waals surface area contributed by atoms with Gasteiger partial charge in [0.15, 0.2) is 17.3 Å². The van der Waals surface area contributed by atoms with Crippen molar-refractivity contribution in [2.45, 2.75) is 19.6 Å². The monoisotopic (exact) mass is 400 g/mol. The predicted molar refractivity (Wildman–Crippen MR) is 112 cm³/mol. The second-order valence-corrected chi connectivity index (χ2v) is 7.39. The fourth-order valence-corrected chi connectivity index (χ4v) is 3.91. The zero-order valence-corrected chi connectivity index (χ0v) is 16.4. The number of carbonyl (C=O) groups excluding carboxylic acids is 2. The molecule has 0 aromatic heterocycles. The number of carbonyl (C=O) groups is 2. The van der Waals surface area contributed by atoms with Gasteiger partial charge in [-0.2, -0.15) is 0 Å². The van der Waals surface area contributed by atoms with Gasteiger partial charge in [0.25, 0.3) is 5.91 Å². The van der Waals surface area contributed by atoms with Crippen LogP contribution in [0, 0.1) is 0 Å². The number of ketones is 1. The number of nitrogens with one attached hydrogen (secondary N) is 1. The minimum atomic E-state index is -0.346. The molecule has 5 rings (SSSR count). The molecular weight excluding hydrogens is 380 g/mol. The molecule has 0 saturated carbocycles. The van der Waals surface area contributed by atoms with Gasteiger partial charge in [-0.3, -0.25) is 9.59 Å². The summed E-state index contributed by atoms with van der Waals surface area (Å²) in [5, 5.41) is 3.44. The lowest BCUT2D eigenvalue weighted by atomic mass is 10.1. The van der Waals surface area contributed by atoms with Crippen molar-refractivity contribution < 1.29 is 19.1 Å². The van der Waals surface area contributed by atoms with Crippen LogP contribution in [0.4, 0.5) is 5.69 Å². The SMILES string of the molecule is CC(=O)c1cccc(N[C@@H]2c3ccccc3C(=O)N2Cc2ccc3c(c2)OCO3)c1. The number of rotatable bonds is 5. The maximum Gasteiger partial charge on any atom is 0.256 e.